The predicted octanol–water partition coefficient (Wildman–Crippen LogP) is 4.58. The topological polar surface area (TPSA) is 61.9 Å². The van der Waals surface area contributed by atoms with Crippen molar-refractivity contribution in [1.29, 1.82) is 0 Å². The molecule has 0 unspecified atom stereocenters. The molecule has 0 aliphatic rings. The molecule has 31 heavy (non-hydrogen) atoms. The van der Waals surface area contributed by atoms with Crippen molar-refractivity contribution in [2.75, 3.05) is 7.11 Å². The average molecular weight is 435 g/mol. The van der Waals surface area contributed by atoms with Crippen LogP contribution in [0.15, 0.2) is 58.5 Å². The van der Waals surface area contributed by atoms with E-state index in [0.717, 1.165) is 22.8 Å². The van der Waals surface area contributed by atoms with E-state index in [-0.39, 0.29) is 5.56 Å². The Kier molecular flexibility index (Phi) is 6.13. The van der Waals surface area contributed by atoms with Gasteiger partial charge in [-0.1, -0.05) is 53.7 Å². The smallest absolute Gasteiger partial charge is 0.280 e. The minimum atomic E-state index is -0.0676. The van der Waals surface area contributed by atoms with Crippen molar-refractivity contribution in [2.24, 2.45) is 0 Å². The highest BCUT2D eigenvalue weighted by Crippen LogP contribution is 2.25. The lowest BCUT2D eigenvalue weighted by Gasteiger charge is -2.13. The van der Waals surface area contributed by atoms with E-state index in [1.54, 1.807) is 28.1 Å². The summed E-state index contributed by atoms with van der Waals surface area (Å²) in [5, 5.41) is 5.22. The number of aryl methyl sites for hydroxylation is 3. The van der Waals surface area contributed by atoms with E-state index in [0.29, 0.717) is 29.3 Å². The second kappa shape index (κ2) is 8.98. The van der Waals surface area contributed by atoms with E-state index in [4.69, 9.17) is 9.72 Å². The normalized spacial score (nSPS) is 11.2. The van der Waals surface area contributed by atoms with Gasteiger partial charge in [-0.2, -0.15) is 5.10 Å². The molecule has 0 bridgehead atoms. The third-order valence-electron chi connectivity index (χ3n) is 5.21. The molecule has 0 aliphatic heterocycles. The molecule has 4 aromatic rings. The zero-order chi connectivity index (χ0) is 22.0. The first kappa shape index (κ1) is 21.2. The van der Waals surface area contributed by atoms with E-state index in [2.05, 4.69) is 36.3 Å². The lowest BCUT2D eigenvalue weighted by atomic mass is 10.2. The molecule has 2 aromatic carbocycles. The molecule has 0 saturated heterocycles. The fraction of sp³-hybridized carbons (Fsp3) is 0.292. The molecule has 0 atom stereocenters. The fourth-order valence-electron chi connectivity index (χ4n) is 3.67. The highest BCUT2D eigenvalue weighted by molar-refractivity contribution is 7.98. The number of thioether (sulfide) groups is 1. The lowest BCUT2D eigenvalue weighted by molar-refractivity contribution is 0.414. The standard InChI is InChI=1S/C24H26N4O2S/c1-5-28-22-21(17(3)26-28)25-24(31-15-19-10-6-8-16(2)12-19)27(23(22)29)14-18-9-7-11-20(13-18)30-4/h6-13H,5,14-15H2,1-4H3. The summed E-state index contributed by atoms with van der Waals surface area (Å²) in [4.78, 5) is 18.5. The van der Waals surface area contributed by atoms with Crippen LogP contribution in [0.1, 0.15) is 29.3 Å². The van der Waals surface area contributed by atoms with Crippen LogP contribution in [0.2, 0.25) is 0 Å². The summed E-state index contributed by atoms with van der Waals surface area (Å²) < 4.78 is 8.86. The van der Waals surface area contributed by atoms with Gasteiger partial charge in [-0.3, -0.25) is 14.0 Å². The average Bonchev–Trinajstić information content (AvgIpc) is 3.10. The largest absolute Gasteiger partial charge is 0.497 e. The van der Waals surface area contributed by atoms with Gasteiger partial charge in [0, 0.05) is 12.3 Å². The SMILES string of the molecule is CCn1nc(C)c2nc(SCc3cccc(C)c3)n(Cc3cccc(OC)c3)c(=O)c21. The molecule has 0 radical (unpaired) electrons. The van der Waals surface area contributed by atoms with Gasteiger partial charge >= 0.3 is 0 Å². The van der Waals surface area contributed by atoms with Crippen LogP contribution in [0.3, 0.4) is 0 Å². The van der Waals surface area contributed by atoms with Crippen molar-refractivity contribution >= 4 is 22.8 Å². The Morgan fingerprint density at radius 3 is 2.58 bits per heavy atom. The Labute approximate surface area is 185 Å². The third-order valence-corrected chi connectivity index (χ3v) is 6.25. The van der Waals surface area contributed by atoms with E-state index in [9.17, 15) is 4.79 Å². The summed E-state index contributed by atoms with van der Waals surface area (Å²) in [7, 11) is 1.64. The number of rotatable bonds is 7. The molecule has 0 fully saturated rings. The van der Waals surface area contributed by atoms with Gasteiger partial charge in [0.2, 0.25) is 0 Å². The van der Waals surface area contributed by atoms with Crippen LogP contribution < -0.4 is 10.3 Å². The molecule has 2 aromatic heterocycles. The van der Waals surface area contributed by atoms with Crippen LogP contribution in [0.25, 0.3) is 11.0 Å². The molecule has 6 nitrogen and oxygen atoms in total. The maximum atomic E-state index is 13.6. The molecular weight excluding hydrogens is 408 g/mol. The number of benzene rings is 2. The summed E-state index contributed by atoms with van der Waals surface area (Å²) >= 11 is 1.58. The number of hydrogen-bond acceptors (Lipinski definition) is 5. The minimum absolute atomic E-state index is 0.0676. The van der Waals surface area contributed by atoms with Gasteiger partial charge in [-0.25, -0.2) is 4.98 Å². The number of fused-ring (bicyclic) bond motifs is 1. The first-order valence-corrected chi connectivity index (χ1v) is 11.3. The molecule has 0 aliphatic carbocycles. The Hall–Kier alpha value is -3.06. The maximum Gasteiger partial charge on any atom is 0.280 e. The molecule has 7 heteroatoms. The highest BCUT2D eigenvalue weighted by atomic mass is 32.2. The van der Waals surface area contributed by atoms with Gasteiger partial charge < -0.3 is 4.74 Å². The van der Waals surface area contributed by atoms with Crippen molar-refractivity contribution < 1.29 is 4.74 Å². The van der Waals surface area contributed by atoms with Gasteiger partial charge in [0.1, 0.15) is 11.3 Å². The van der Waals surface area contributed by atoms with E-state index >= 15 is 0 Å². The van der Waals surface area contributed by atoms with Gasteiger partial charge in [-0.05, 0) is 44.0 Å². The molecule has 0 N–H and O–H groups in total. The van der Waals surface area contributed by atoms with Crippen molar-refractivity contribution in [3.8, 4) is 5.75 Å². The van der Waals surface area contributed by atoms with Crippen LogP contribution in [-0.2, 0) is 18.8 Å². The summed E-state index contributed by atoms with van der Waals surface area (Å²) in [5.41, 5.74) is 5.35. The highest BCUT2D eigenvalue weighted by Gasteiger charge is 2.18. The van der Waals surface area contributed by atoms with E-state index in [1.165, 1.54) is 11.1 Å². The number of nitrogens with zero attached hydrogens (tertiary/aromatic N) is 4. The number of aromatic nitrogens is 4. The predicted molar refractivity (Wildman–Crippen MR) is 125 cm³/mol. The Morgan fingerprint density at radius 1 is 1.06 bits per heavy atom. The molecule has 0 spiro atoms. The van der Waals surface area contributed by atoms with Crippen molar-refractivity contribution in [2.45, 2.75) is 44.8 Å². The van der Waals surface area contributed by atoms with E-state index in [1.807, 2.05) is 38.1 Å². The summed E-state index contributed by atoms with van der Waals surface area (Å²) in [6, 6.07) is 16.2. The summed E-state index contributed by atoms with van der Waals surface area (Å²) in [6.45, 7) is 7.01. The van der Waals surface area contributed by atoms with E-state index < -0.39 is 0 Å². The fourth-order valence-corrected chi connectivity index (χ4v) is 4.60. The minimum Gasteiger partial charge on any atom is -0.497 e. The molecule has 0 amide bonds. The van der Waals surface area contributed by atoms with Gasteiger partial charge in [-0.15, -0.1) is 0 Å². The molecule has 4 rings (SSSR count). The van der Waals surface area contributed by atoms with Gasteiger partial charge in [0.05, 0.1) is 19.3 Å². The van der Waals surface area contributed by atoms with Gasteiger partial charge in [0.25, 0.3) is 5.56 Å². The van der Waals surface area contributed by atoms with Crippen molar-refractivity contribution in [3.63, 3.8) is 0 Å². The molecule has 2 heterocycles. The van der Waals surface area contributed by atoms with Crippen LogP contribution in [0.4, 0.5) is 0 Å². The Bertz CT molecular complexity index is 1290. The zero-order valence-electron chi connectivity index (χ0n) is 18.3. The third kappa shape index (κ3) is 4.37. The zero-order valence-corrected chi connectivity index (χ0v) is 19.1. The molecular formula is C24H26N4O2S. The number of ether oxygens (including phenoxy) is 1. The van der Waals surface area contributed by atoms with Gasteiger partial charge in [0.15, 0.2) is 10.7 Å². The van der Waals surface area contributed by atoms with Crippen LogP contribution in [0, 0.1) is 13.8 Å². The quantitative estimate of drug-likeness (QED) is 0.315. The van der Waals surface area contributed by atoms with Crippen molar-refractivity contribution in [3.05, 3.63) is 81.3 Å². The first-order valence-electron chi connectivity index (χ1n) is 10.3. The monoisotopic (exact) mass is 434 g/mol. The first-order chi connectivity index (χ1) is 15.0. The Balaban J connectivity index is 1.80. The molecule has 160 valence electrons. The summed E-state index contributed by atoms with van der Waals surface area (Å²) in [6.07, 6.45) is 0. The Morgan fingerprint density at radius 2 is 1.84 bits per heavy atom. The van der Waals surface area contributed by atoms with Crippen LogP contribution in [-0.4, -0.2) is 26.4 Å². The summed E-state index contributed by atoms with van der Waals surface area (Å²) in [5.74, 6) is 1.50. The molecule has 0 saturated carbocycles. The second-order valence-corrected chi connectivity index (χ2v) is 8.46. The van der Waals surface area contributed by atoms with Crippen molar-refractivity contribution in [1.82, 2.24) is 19.3 Å². The maximum absolute atomic E-state index is 13.6. The van der Waals surface area contributed by atoms with Crippen LogP contribution in [0.5, 0.6) is 5.75 Å². The number of hydrogen-bond donors (Lipinski definition) is 0. The lowest BCUT2D eigenvalue weighted by Crippen LogP contribution is -2.25. The number of methoxy groups -OCH3 is 1. The second-order valence-electron chi connectivity index (χ2n) is 7.51. The van der Waals surface area contributed by atoms with Crippen LogP contribution >= 0.6 is 11.8 Å².